The molecule has 8 heteroatoms. The molecule has 0 unspecified atom stereocenters. The standard InChI is InChI=1S/C29H51NO7/c1-24(31)23-30-27(33)21-20-25(29(36)37)22-26(32)18-16-14-12-10-8-6-4-2-3-5-7-9-11-13-15-17-19-28(34)35/h25H,2-23H2,1H3,(H,30,33)(H,34,35)(H,36,37)/t25-/m1/s1. The summed E-state index contributed by atoms with van der Waals surface area (Å²) in [7, 11) is 0. The fourth-order valence-corrected chi connectivity index (χ4v) is 4.38. The molecule has 1 atom stereocenters. The molecule has 0 aromatic carbocycles. The molecule has 37 heavy (non-hydrogen) atoms. The number of carboxylic acids is 2. The third-order valence-corrected chi connectivity index (χ3v) is 6.67. The van der Waals surface area contributed by atoms with Crippen LogP contribution in [0.5, 0.6) is 0 Å². The Labute approximate surface area is 223 Å². The van der Waals surface area contributed by atoms with Gasteiger partial charge in [-0.3, -0.25) is 24.0 Å². The van der Waals surface area contributed by atoms with Gasteiger partial charge in [0.25, 0.3) is 0 Å². The molecule has 0 spiro atoms. The van der Waals surface area contributed by atoms with Crippen LogP contribution in [0.15, 0.2) is 0 Å². The molecule has 0 aliphatic carbocycles. The van der Waals surface area contributed by atoms with Crippen LogP contribution >= 0.6 is 0 Å². The Hall–Kier alpha value is -2.25. The van der Waals surface area contributed by atoms with E-state index in [0.29, 0.717) is 12.8 Å². The number of unbranched alkanes of at least 4 members (excludes halogenated alkanes) is 15. The largest absolute Gasteiger partial charge is 0.481 e. The van der Waals surface area contributed by atoms with Crippen LogP contribution < -0.4 is 5.32 Å². The van der Waals surface area contributed by atoms with Crippen molar-refractivity contribution < 1.29 is 34.2 Å². The molecular weight excluding hydrogens is 474 g/mol. The SMILES string of the molecule is CC(=O)CNC(=O)CC[C@H](CC(=O)CCCCCCCCCCCCCCCCCCC(=O)O)C(=O)O. The molecule has 0 aromatic heterocycles. The second kappa shape index (κ2) is 24.1. The van der Waals surface area contributed by atoms with E-state index in [1.807, 2.05) is 0 Å². The molecule has 0 heterocycles. The number of carboxylic acid groups (broad SMARTS) is 2. The van der Waals surface area contributed by atoms with E-state index in [0.717, 1.165) is 38.5 Å². The van der Waals surface area contributed by atoms with Crippen LogP contribution in [-0.2, 0) is 24.0 Å². The van der Waals surface area contributed by atoms with Gasteiger partial charge in [-0.05, 0) is 26.2 Å². The summed E-state index contributed by atoms with van der Waals surface area (Å²) in [5.74, 6) is -3.20. The van der Waals surface area contributed by atoms with Gasteiger partial charge in [-0.15, -0.1) is 0 Å². The highest BCUT2D eigenvalue weighted by Crippen LogP contribution is 2.17. The highest BCUT2D eigenvalue weighted by Gasteiger charge is 2.22. The molecule has 0 fully saturated rings. The first-order chi connectivity index (χ1) is 17.7. The second-order valence-electron chi connectivity index (χ2n) is 10.3. The molecule has 0 rings (SSSR count). The van der Waals surface area contributed by atoms with Crippen molar-refractivity contribution >= 4 is 29.4 Å². The Balaban J connectivity index is 3.55. The summed E-state index contributed by atoms with van der Waals surface area (Å²) < 4.78 is 0. The molecule has 0 radical (unpaired) electrons. The van der Waals surface area contributed by atoms with Crippen molar-refractivity contribution in [2.24, 2.45) is 5.92 Å². The van der Waals surface area contributed by atoms with Gasteiger partial charge in [0, 0.05) is 25.7 Å². The maximum Gasteiger partial charge on any atom is 0.306 e. The van der Waals surface area contributed by atoms with Gasteiger partial charge in [0.1, 0.15) is 11.6 Å². The number of Topliss-reactive ketones (excluding diaryl/α,β-unsaturated/α-hetero) is 2. The van der Waals surface area contributed by atoms with Gasteiger partial charge in [0.05, 0.1) is 12.5 Å². The summed E-state index contributed by atoms with van der Waals surface area (Å²) in [5.41, 5.74) is 0. The number of carbonyl (C=O) groups is 5. The molecule has 8 nitrogen and oxygen atoms in total. The van der Waals surface area contributed by atoms with Crippen LogP contribution in [-0.4, -0.2) is 46.2 Å². The first-order valence-corrected chi connectivity index (χ1v) is 14.4. The predicted molar refractivity (Wildman–Crippen MR) is 144 cm³/mol. The third kappa shape index (κ3) is 25.2. The van der Waals surface area contributed by atoms with Crippen molar-refractivity contribution in [3.63, 3.8) is 0 Å². The lowest BCUT2D eigenvalue weighted by atomic mass is 9.94. The maximum atomic E-state index is 12.2. The number of carbonyl (C=O) groups excluding carboxylic acids is 3. The van der Waals surface area contributed by atoms with E-state index in [4.69, 9.17) is 5.11 Å². The van der Waals surface area contributed by atoms with Crippen LogP contribution in [0.4, 0.5) is 0 Å². The zero-order valence-corrected chi connectivity index (χ0v) is 23.1. The van der Waals surface area contributed by atoms with E-state index < -0.39 is 17.9 Å². The first kappa shape index (κ1) is 34.8. The first-order valence-electron chi connectivity index (χ1n) is 14.4. The van der Waals surface area contributed by atoms with E-state index in [1.54, 1.807) is 0 Å². The Kier molecular flexibility index (Phi) is 22.6. The van der Waals surface area contributed by atoms with Crippen LogP contribution in [0, 0.1) is 5.92 Å². The zero-order chi connectivity index (χ0) is 27.7. The van der Waals surface area contributed by atoms with Crippen LogP contribution in [0.3, 0.4) is 0 Å². The van der Waals surface area contributed by atoms with Gasteiger partial charge in [-0.1, -0.05) is 89.9 Å². The van der Waals surface area contributed by atoms with Gasteiger partial charge in [-0.25, -0.2) is 0 Å². The van der Waals surface area contributed by atoms with Crippen molar-refractivity contribution in [2.75, 3.05) is 6.54 Å². The van der Waals surface area contributed by atoms with Crippen molar-refractivity contribution in [1.29, 1.82) is 0 Å². The number of hydrogen-bond acceptors (Lipinski definition) is 5. The Morgan fingerprint density at radius 1 is 0.595 bits per heavy atom. The quantitative estimate of drug-likeness (QED) is 0.108. The number of nitrogens with one attached hydrogen (secondary N) is 1. The van der Waals surface area contributed by atoms with Gasteiger partial charge >= 0.3 is 11.9 Å². The monoisotopic (exact) mass is 525 g/mol. The van der Waals surface area contributed by atoms with E-state index in [1.165, 1.54) is 71.1 Å². The van der Waals surface area contributed by atoms with Crippen molar-refractivity contribution in [1.82, 2.24) is 5.32 Å². The number of ketones is 2. The molecule has 0 aliphatic heterocycles. The van der Waals surface area contributed by atoms with E-state index in [-0.39, 0.29) is 43.3 Å². The van der Waals surface area contributed by atoms with Crippen molar-refractivity contribution in [2.45, 2.75) is 142 Å². The van der Waals surface area contributed by atoms with Crippen molar-refractivity contribution in [3.8, 4) is 0 Å². The Morgan fingerprint density at radius 2 is 1.00 bits per heavy atom. The molecule has 0 aliphatic rings. The lowest BCUT2D eigenvalue weighted by Crippen LogP contribution is -2.29. The van der Waals surface area contributed by atoms with Crippen molar-refractivity contribution in [3.05, 3.63) is 0 Å². The van der Waals surface area contributed by atoms with Gasteiger partial charge in [-0.2, -0.15) is 0 Å². The average molecular weight is 526 g/mol. The van der Waals surface area contributed by atoms with Gasteiger partial charge in [0.15, 0.2) is 0 Å². The van der Waals surface area contributed by atoms with E-state index in [9.17, 15) is 29.1 Å². The molecule has 0 saturated heterocycles. The van der Waals surface area contributed by atoms with E-state index in [2.05, 4.69) is 5.32 Å². The molecule has 0 aromatic rings. The summed E-state index contributed by atoms with van der Waals surface area (Å²) in [6.07, 6.45) is 19.1. The van der Waals surface area contributed by atoms with E-state index >= 15 is 0 Å². The topological polar surface area (TPSA) is 138 Å². The van der Waals surface area contributed by atoms with Crippen LogP contribution in [0.2, 0.25) is 0 Å². The third-order valence-electron chi connectivity index (χ3n) is 6.67. The number of aliphatic carboxylic acids is 2. The smallest absolute Gasteiger partial charge is 0.306 e. The average Bonchev–Trinajstić information content (AvgIpc) is 2.84. The minimum atomic E-state index is -1.06. The fourth-order valence-electron chi connectivity index (χ4n) is 4.38. The summed E-state index contributed by atoms with van der Waals surface area (Å²) in [4.78, 5) is 56.6. The minimum Gasteiger partial charge on any atom is -0.481 e. The second-order valence-corrected chi connectivity index (χ2v) is 10.3. The molecule has 1 amide bonds. The lowest BCUT2D eigenvalue weighted by Gasteiger charge is -2.11. The molecule has 214 valence electrons. The van der Waals surface area contributed by atoms with Crippen LogP contribution in [0.1, 0.15) is 142 Å². The normalized spacial score (nSPS) is 11.7. The Bertz CT molecular complexity index is 663. The Morgan fingerprint density at radius 3 is 1.38 bits per heavy atom. The summed E-state index contributed by atoms with van der Waals surface area (Å²) >= 11 is 0. The van der Waals surface area contributed by atoms with Crippen LogP contribution in [0.25, 0.3) is 0 Å². The minimum absolute atomic E-state index is 0.00485. The zero-order valence-electron chi connectivity index (χ0n) is 23.1. The molecule has 0 bridgehead atoms. The van der Waals surface area contributed by atoms with Gasteiger partial charge in [0.2, 0.25) is 5.91 Å². The number of hydrogen-bond donors (Lipinski definition) is 3. The van der Waals surface area contributed by atoms with Gasteiger partial charge < -0.3 is 15.5 Å². The molecular formula is C29H51NO7. The summed E-state index contributed by atoms with van der Waals surface area (Å²) in [6.45, 7) is 1.30. The fraction of sp³-hybridized carbons (Fsp3) is 0.828. The predicted octanol–water partition coefficient (Wildman–Crippen LogP) is 6.24. The number of amides is 1. The molecule has 0 saturated carbocycles. The highest BCUT2D eigenvalue weighted by atomic mass is 16.4. The molecule has 3 N–H and O–H groups in total. The number of rotatable bonds is 27. The lowest BCUT2D eigenvalue weighted by molar-refractivity contribution is -0.144. The summed E-state index contributed by atoms with van der Waals surface area (Å²) in [6, 6.07) is 0. The maximum absolute atomic E-state index is 12.2. The highest BCUT2D eigenvalue weighted by molar-refractivity contribution is 5.86. The summed E-state index contributed by atoms with van der Waals surface area (Å²) in [5, 5.41) is 20.4.